The van der Waals surface area contributed by atoms with Gasteiger partial charge in [0.15, 0.2) is 0 Å². The van der Waals surface area contributed by atoms with Gasteiger partial charge in [0.25, 0.3) is 0 Å². The lowest BCUT2D eigenvalue weighted by Crippen LogP contribution is -2.44. The van der Waals surface area contributed by atoms with Crippen LogP contribution in [0.4, 0.5) is 16.2 Å². The van der Waals surface area contributed by atoms with E-state index in [9.17, 15) is 9.90 Å². The smallest absolute Gasteiger partial charge is 0.321 e. The zero-order valence-electron chi connectivity index (χ0n) is 12.2. The molecule has 0 aliphatic carbocycles. The normalized spacial score (nSPS) is 18.8. The molecule has 0 aromatic heterocycles. The van der Waals surface area contributed by atoms with Gasteiger partial charge in [0.1, 0.15) is 0 Å². The van der Waals surface area contributed by atoms with E-state index in [4.69, 9.17) is 0 Å². The molecule has 2 N–H and O–H groups in total. The Morgan fingerprint density at radius 2 is 2.35 bits per heavy atom. The molecule has 2 amide bonds. The predicted molar refractivity (Wildman–Crippen MR) is 81.2 cm³/mol. The van der Waals surface area contributed by atoms with Gasteiger partial charge in [0.05, 0.1) is 6.10 Å². The van der Waals surface area contributed by atoms with E-state index in [1.807, 2.05) is 31.3 Å². The third-order valence-electron chi connectivity index (χ3n) is 3.70. The molecule has 1 aliphatic rings. The molecule has 0 spiro atoms. The molecule has 5 heteroatoms. The number of hydrogen-bond donors (Lipinski definition) is 2. The van der Waals surface area contributed by atoms with Gasteiger partial charge in [-0.1, -0.05) is 6.07 Å². The number of piperidine rings is 1. The minimum atomic E-state index is -0.396. The molecule has 0 bridgehead atoms. The van der Waals surface area contributed by atoms with Crippen LogP contribution in [0.3, 0.4) is 0 Å². The van der Waals surface area contributed by atoms with Gasteiger partial charge >= 0.3 is 6.03 Å². The summed E-state index contributed by atoms with van der Waals surface area (Å²) in [6, 6.07) is 7.65. The van der Waals surface area contributed by atoms with Crippen LogP contribution in [0.1, 0.15) is 19.8 Å². The fourth-order valence-electron chi connectivity index (χ4n) is 2.35. The largest absolute Gasteiger partial charge is 0.391 e. The molecular weight excluding hydrogens is 254 g/mol. The van der Waals surface area contributed by atoms with Crippen molar-refractivity contribution in [2.45, 2.75) is 25.9 Å². The van der Waals surface area contributed by atoms with Crippen molar-refractivity contribution in [3.8, 4) is 0 Å². The molecule has 1 aliphatic heterocycles. The third kappa shape index (κ3) is 3.63. The number of aliphatic hydroxyl groups excluding tert-OH is 1. The predicted octanol–water partition coefficient (Wildman–Crippen LogP) is 2.13. The maximum Gasteiger partial charge on any atom is 0.321 e. The molecule has 0 saturated carbocycles. The summed E-state index contributed by atoms with van der Waals surface area (Å²) in [5.41, 5.74) is 1.86. The molecule has 1 atom stereocenters. The van der Waals surface area contributed by atoms with E-state index in [2.05, 4.69) is 17.1 Å². The lowest BCUT2D eigenvalue weighted by Gasteiger charge is -2.30. The zero-order chi connectivity index (χ0) is 14.5. The number of nitrogens with zero attached hydrogens (tertiary/aromatic N) is 2. The van der Waals surface area contributed by atoms with E-state index in [0.717, 1.165) is 30.8 Å². The Morgan fingerprint density at radius 1 is 1.55 bits per heavy atom. The Kier molecular flexibility index (Phi) is 4.84. The van der Waals surface area contributed by atoms with Gasteiger partial charge in [-0.25, -0.2) is 4.79 Å². The van der Waals surface area contributed by atoms with Crippen LogP contribution in [0.15, 0.2) is 24.3 Å². The highest BCUT2D eigenvalue weighted by atomic mass is 16.3. The average molecular weight is 277 g/mol. The van der Waals surface area contributed by atoms with Crippen molar-refractivity contribution in [1.29, 1.82) is 0 Å². The molecule has 2 rings (SSSR count). The van der Waals surface area contributed by atoms with Crippen molar-refractivity contribution >= 4 is 17.4 Å². The van der Waals surface area contributed by atoms with E-state index in [0.29, 0.717) is 13.1 Å². The molecule has 1 saturated heterocycles. The molecule has 20 heavy (non-hydrogen) atoms. The summed E-state index contributed by atoms with van der Waals surface area (Å²) in [5.74, 6) is 0. The Balaban J connectivity index is 2.00. The second-order valence-electron chi connectivity index (χ2n) is 5.24. The first kappa shape index (κ1) is 14.7. The molecular formula is C15H23N3O2. The Morgan fingerprint density at radius 3 is 3.05 bits per heavy atom. The highest BCUT2D eigenvalue weighted by Gasteiger charge is 2.21. The number of aliphatic hydroxyl groups is 1. The van der Waals surface area contributed by atoms with Crippen LogP contribution in [-0.2, 0) is 0 Å². The lowest BCUT2D eigenvalue weighted by molar-refractivity contribution is 0.0883. The van der Waals surface area contributed by atoms with Gasteiger partial charge in [0.2, 0.25) is 0 Å². The number of urea groups is 1. The molecule has 1 unspecified atom stereocenters. The summed E-state index contributed by atoms with van der Waals surface area (Å²) in [4.78, 5) is 15.9. The highest BCUT2D eigenvalue weighted by molar-refractivity contribution is 5.90. The number of amides is 2. The van der Waals surface area contributed by atoms with Crippen molar-refractivity contribution in [2.24, 2.45) is 0 Å². The van der Waals surface area contributed by atoms with E-state index in [-0.39, 0.29) is 6.03 Å². The number of nitrogens with one attached hydrogen (secondary N) is 1. The number of anilines is 2. The van der Waals surface area contributed by atoms with Gasteiger partial charge in [-0.2, -0.15) is 0 Å². The molecule has 5 nitrogen and oxygen atoms in total. The maximum absolute atomic E-state index is 12.2. The minimum absolute atomic E-state index is 0.139. The van der Waals surface area contributed by atoms with Crippen LogP contribution in [0, 0.1) is 0 Å². The maximum atomic E-state index is 12.2. The fourth-order valence-corrected chi connectivity index (χ4v) is 2.35. The quantitative estimate of drug-likeness (QED) is 0.890. The van der Waals surface area contributed by atoms with Crippen molar-refractivity contribution < 1.29 is 9.90 Å². The second kappa shape index (κ2) is 6.61. The first-order valence-corrected chi connectivity index (χ1v) is 7.15. The number of rotatable bonds is 3. The molecule has 1 fully saturated rings. The number of likely N-dealkylation sites (tertiary alicyclic amines) is 1. The topological polar surface area (TPSA) is 55.8 Å². The zero-order valence-corrected chi connectivity index (χ0v) is 12.2. The standard InChI is InChI=1S/C15H23N3O2/c1-3-17(2)13-7-4-6-12(10-13)16-15(20)18-9-5-8-14(19)11-18/h4,6-7,10,14,19H,3,5,8-9,11H2,1-2H3,(H,16,20). The van der Waals surface area contributed by atoms with Gasteiger partial charge in [-0.15, -0.1) is 0 Å². The van der Waals surface area contributed by atoms with Crippen LogP contribution in [0.5, 0.6) is 0 Å². The second-order valence-corrected chi connectivity index (χ2v) is 5.24. The molecule has 1 aromatic rings. The summed E-state index contributed by atoms with van der Waals surface area (Å²) in [6.45, 7) is 4.12. The van der Waals surface area contributed by atoms with E-state index in [1.54, 1.807) is 4.90 Å². The van der Waals surface area contributed by atoms with Gasteiger partial charge in [-0.05, 0) is 38.0 Å². The Hall–Kier alpha value is -1.75. The lowest BCUT2D eigenvalue weighted by atomic mass is 10.1. The average Bonchev–Trinajstić information content (AvgIpc) is 2.46. The van der Waals surface area contributed by atoms with Crippen LogP contribution < -0.4 is 10.2 Å². The van der Waals surface area contributed by atoms with Crippen molar-refractivity contribution in [1.82, 2.24) is 4.90 Å². The van der Waals surface area contributed by atoms with E-state index in [1.165, 1.54) is 0 Å². The number of carbonyl (C=O) groups is 1. The number of β-amino-alcohol motifs (C(OH)–C–C–N with tert-alkyl or cyclic N) is 1. The Labute approximate surface area is 120 Å². The van der Waals surface area contributed by atoms with E-state index >= 15 is 0 Å². The molecule has 1 aromatic carbocycles. The SMILES string of the molecule is CCN(C)c1cccc(NC(=O)N2CCCC(O)C2)c1. The van der Waals surface area contributed by atoms with Crippen LogP contribution in [0.2, 0.25) is 0 Å². The molecule has 0 radical (unpaired) electrons. The van der Waals surface area contributed by atoms with Gasteiger partial charge in [-0.3, -0.25) is 0 Å². The Bertz CT molecular complexity index is 464. The van der Waals surface area contributed by atoms with E-state index < -0.39 is 6.10 Å². The monoisotopic (exact) mass is 277 g/mol. The first-order chi connectivity index (χ1) is 9.60. The molecule has 110 valence electrons. The van der Waals surface area contributed by atoms with Gasteiger partial charge < -0.3 is 20.2 Å². The summed E-state index contributed by atoms with van der Waals surface area (Å²) in [5, 5.41) is 12.5. The summed E-state index contributed by atoms with van der Waals surface area (Å²) >= 11 is 0. The number of benzene rings is 1. The highest BCUT2D eigenvalue weighted by Crippen LogP contribution is 2.19. The minimum Gasteiger partial charge on any atom is -0.391 e. The van der Waals surface area contributed by atoms with Crippen LogP contribution in [-0.4, -0.2) is 48.8 Å². The van der Waals surface area contributed by atoms with Crippen molar-refractivity contribution in [2.75, 3.05) is 36.9 Å². The summed E-state index contributed by atoms with van der Waals surface area (Å²) in [7, 11) is 2.02. The summed E-state index contributed by atoms with van der Waals surface area (Å²) in [6.07, 6.45) is 1.24. The number of hydrogen-bond acceptors (Lipinski definition) is 3. The third-order valence-corrected chi connectivity index (χ3v) is 3.70. The fraction of sp³-hybridized carbons (Fsp3) is 0.533. The van der Waals surface area contributed by atoms with Gasteiger partial charge in [0, 0.05) is 38.1 Å². The van der Waals surface area contributed by atoms with Crippen LogP contribution in [0.25, 0.3) is 0 Å². The number of carbonyl (C=O) groups excluding carboxylic acids is 1. The van der Waals surface area contributed by atoms with Crippen molar-refractivity contribution in [3.05, 3.63) is 24.3 Å². The molecule has 1 heterocycles. The first-order valence-electron chi connectivity index (χ1n) is 7.15. The summed E-state index contributed by atoms with van der Waals surface area (Å²) < 4.78 is 0. The van der Waals surface area contributed by atoms with Crippen LogP contribution >= 0.6 is 0 Å². The van der Waals surface area contributed by atoms with Crippen molar-refractivity contribution in [3.63, 3.8) is 0 Å².